The number of nitrogens with one attached hydrogen (secondary N) is 1. The summed E-state index contributed by atoms with van der Waals surface area (Å²) in [6, 6.07) is 12.9. The number of aliphatic hydroxyl groups excluding tert-OH is 1. The van der Waals surface area contributed by atoms with Crippen molar-refractivity contribution in [1.82, 2.24) is 9.55 Å². The lowest BCUT2D eigenvalue weighted by molar-refractivity contribution is -0.116. The molecule has 0 radical (unpaired) electrons. The lowest BCUT2D eigenvalue weighted by Gasteiger charge is -2.16. The molecule has 0 atom stereocenters. The summed E-state index contributed by atoms with van der Waals surface area (Å²) in [7, 11) is 0. The summed E-state index contributed by atoms with van der Waals surface area (Å²) in [6.45, 7) is 1.19. The van der Waals surface area contributed by atoms with Gasteiger partial charge in [0.15, 0.2) is 0 Å². The minimum atomic E-state index is -0.594. The number of hydrogen-bond donors (Lipinski definition) is 2. The van der Waals surface area contributed by atoms with E-state index in [0.29, 0.717) is 28.3 Å². The first-order chi connectivity index (χ1) is 13.9. The number of hydrogen-bond acceptors (Lipinski definition) is 4. The Balaban J connectivity index is 1.99. The van der Waals surface area contributed by atoms with Crippen molar-refractivity contribution in [2.24, 2.45) is 0 Å². The number of aryl methyl sites for hydroxylation is 1. The Bertz CT molecular complexity index is 1100. The molecule has 3 aromatic rings. The summed E-state index contributed by atoms with van der Waals surface area (Å²) < 4.78 is 14.6. The molecule has 0 unspecified atom stereocenters. The molecule has 0 saturated carbocycles. The minimum absolute atomic E-state index is 0.118. The molecule has 0 saturated heterocycles. The molecule has 0 spiro atoms. The Labute approximate surface area is 171 Å². The molecule has 6 nitrogen and oxygen atoms in total. The van der Waals surface area contributed by atoms with Crippen LogP contribution in [0.4, 0.5) is 10.1 Å². The third kappa shape index (κ3) is 4.70. The summed E-state index contributed by atoms with van der Waals surface area (Å²) in [6.07, 6.45) is 0.141. The van der Waals surface area contributed by atoms with Crippen molar-refractivity contribution >= 4 is 23.2 Å². The molecule has 2 aromatic carbocycles. The number of carbonyl (C=O) groups excluding carboxylic acids is 1. The normalized spacial score (nSPS) is 10.8. The number of nitrogens with zero attached hydrogens (tertiary/aromatic N) is 2. The SMILES string of the molecule is Cc1nc(-c2ccccc2)n(CC(=O)Nc2ccc(F)c(Cl)c2)c(=O)c1CCO. The van der Waals surface area contributed by atoms with Crippen LogP contribution >= 0.6 is 11.6 Å². The maximum absolute atomic E-state index is 13.3. The zero-order chi connectivity index (χ0) is 21.0. The van der Waals surface area contributed by atoms with Gasteiger partial charge in [0.05, 0.1) is 5.02 Å². The highest BCUT2D eigenvalue weighted by Crippen LogP contribution is 2.20. The van der Waals surface area contributed by atoms with Crippen molar-refractivity contribution in [1.29, 1.82) is 0 Å². The van der Waals surface area contributed by atoms with Crippen molar-refractivity contribution in [3.8, 4) is 11.4 Å². The van der Waals surface area contributed by atoms with Gasteiger partial charge in [-0.15, -0.1) is 0 Å². The van der Waals surface area contributed by atoms with Crippen molar-refractivity contribution in [3.05, 3.63) is 81.0 Å². The van der Waals surface area contributed by atoms with Crippen LogP contribution in [-0.2, 0) is 17.8 Å². The molecule has 1 heterocycles. The number of carbonyl (C=O) groups is 1. The molecular weight excluding hydrogens is 397 g/mol. The van der Waals surface area contributed by atoms with Gasteiger partial charge in [0, 0.05) is 35.5 Å². The maximum Gasteiger partial charge on any atom is 0.257 e. The topological polar surface area (TPSA) is 84.2 Å². The molecule has 2 N–H and O–H groups in total. The second-order valence-corrected chi connectivity index (χ2v) is 6.81. The predicted molar refractivity (Wildman–Crippen MR) is 109 cm³/mol. The van der Waals surface area contributed by atoms with E-state index in [1.807, 2.05) is 18.2 Å². The standard InChI is InChI=1S/C21H19ClFN3O3/c1-13-16(9-10-27)21(29)26(20(24-13)14-5-3-2-4-6-14)12-19(28)25-15-7-8-18(23)17(22)11-15/h2-8,11,27H,9-10,12H2,1H3,(H,25,28). The summed E-state index contributed by atoms with van der Waals surface area (Å²) in [4.78, 5) is 30.1. The molecule has 29 heavy (non-hydrogen) atoms. The van der Waals surface area contributed by atoms with E-state index in [2.05, 4.69) is 10.3 Å². The number of aromatic nitrogens is 2. The molecule has 1 aromatic heterocycles. The van der Waals surface area contributed by atoms with Gasteiger partial charge in [-0.25, -0.2) is 9.37 Å². The second kappa shape index (κ2) is 8.98. The third-order valence-corrected chi connectivity index (χ3v) is 4.66. The third-order valence-electron chi connectivity index (χ3n) is 4.37. The maximum atomic E-state index is 13.3. The van der Waals surface area contributed by atoms with E-state index in [1.165, 1.54) is 16.7 Å². The zero-order valence-electron chi connectivity index (χ0n) is 15.7. The van der Waals surface area contributed by atoms with Gasteiger partial charge in [0.2, 0.25) is 5.91 Å². The highest BCUT2D eigenvalue weighted by Gasteiger charge is 2.18. The summed E-state index contributed by atoms with van der Waals surface area (Å²) in [5.74, 6) is -0.738. The number of benzene rings is 2. The van der Waals surface area contributed by atoms with Crippen LogP contribution in [0.15, 0.2) is 53.3 Å². The van der Waals surface area contributed by atoms with Crippen LogP contribution in [0.5, 0.6) is 0 Å². The number of anilines is 1. The predicted octanol–water partition coefficient (Wildman–Crippen LogP) is 3.18. The molecule has 3 rings (SSSR count). The molecule has 0 aliphatic carbocycles. The van der Waals surface area contributed by atoms with Crippen LogP contribution in [0.3, 0.4) is 0 Å². The van der Waals surface area contributed by atoms with E-state index in [1.54, 1.807) is 19.1 Å². The fraction of sp³-hybridized carbons (Fsp3) is 0.190. The van der Waals surface area contributed by atoms with Crippen LogP contribution in [0.25, 0.3) is 11.4 Å². The van der Waals surface area contributed by atoms with Crippen molar-refractivity contribution in [2.75, 3.05) is 11.9 Å². The monoisotopic (exact) mass is 415 g/mol. The van der Waals surface area contributed by atoms with Crippen LogP contribution in [0, 0.1) is 12.7 Å². The van der Waals surface area contributed by atoms with Gasteiger partial charge in [-0.05, 0) is 25.1 Å². The first-order valence-electron chi connectivity index (χ1n) is 8.92. The Morgan fingerprint density at radius 1 is 1.24 bits per heavy atom. The molecule has 0 fully saturated rings. The van der Waals surface area contributed by atoms with Gasteiger partial charge >= 0.3 is 0 Å². The van der Waals surface area contributed by atoms with Crippen LogP contribution in [0.2, 0.25) is 5.02 Å². The van der Waals surface area contributed by atoms with E-state index in [-0.39, 0.29) is 24.6 Å². The molecule has 1 amide bonds. The molecule has 8 heteroatoms. The van der Waals surface area contributed by atoms with Gasteiger partial charge in [0.25, 0.3) is 5.56 Å². The summed E-state index contributed by atoms with van der Waals surface area (Å²) in [5.41, 5.74) is 1.46. The van der Waals surface area contributed by atoms with Gasteiger partial charge < -0.3 is 10.4 Å². The molecular formula is C21H19ClFN3O3. The van der Waals surface area contributed by atoms with Gasteiger partial charge in [-0.1, -0.05) is 41.9 Å². The highest BCUT2D eigenvalue weighted by molar-refractivity contribution is 6.31. The van der Waals surface area contributed by atoms with Crippen molar-refractivity contribution < 1.29 is 14.3 Å². The summed E-state index contributed by atoms with van der Waals surface area (Å²) in [5, 5.41) is 11.8. The number of halogens is 2. The van der Waals surface area contributed by atoms with Crippen LogP contribution < -0.4 is 10.9 Å². The largest absolute Gasteiger partial charge is 0.396 e. The molecule has 150 valence electrons. The fourth-order valence-corrected chi connectivity index (χ4v) is 3.15. The summed E-state index contributed by atoms with van der Waals surface area (Å²) >= 11 is 5.75. The molecule has 0 bridgehead atoms. The van der Waals surface area contributed by atoms with Gasteiger partial charge in [-0.2, -0.15) is 0 Å². The Morgan fingerprint density at radius 2 is 1.97 bits per heavy atom. The van der Waals surface area contributed by atoms with Crippen molar-refractivity contribution in [3.63, 3.8) is 0 Å². The number of aliphatic hydroxyl groups is 1. The Kier molecular flexibility index (Phi) is 6.41. The van der Waals surface area contributed by atoms with Gasteiger partial charge in [0.1, 0.15) is 18.2 Å². The zero-order valence-corrected chi connectivity index (χ0v) is 16.4. The van der Waals surface area contributed by atoms with E-state index < -0.39 is 17.3 Å². The fourth-order valence-electron chi connectivity index (χ4n) is 2.97. The smallest absolute Gasteiger partial charge is 0.257 e. The van der Waals surface area contributed by atoms with Crippen LogP contribution in [0.1, 0.15) is 11.3 Å². The van der Waals surface area contributed by atoms with E-state index in [4.69, 9.17) is 11.6 Å². The quantitative estimate of drug-likeness (QED) is 0.647. The van der Waals surface area contributed by atoms with E-state index in [0.717, 1.165) is 6.07 Å². The first kappa shape index (κ1) is 20.7. The Hall–Kier alpha value is -3.03. The lowest BCUT2D eigenvalue weighted by Crippen LogP contribution is -2.33. The van der Waals surface area contributed by atoms with Crippen molar-refractivity contribution in [2.45, 2.75) is 19.9 Å². The number of amides is 1. The molecule has 0 aliphatic heterocycles. The second-order valence-electron chi connectivity index (χ2n) is 6.41. The minimum Gasteiger partial charge on any atom is -0.396 e. The highest BCUT2D eigenvalue weighted by atomic mass is 35.5. The van der Waals surface area contributed by atoms with E-state index in [9.17, 15) is 19.1 Å². The number of rotatable bonds is 6. The van der Waals surface area contributed by atoms with Crippen LogP contribution in [-0.4, -0.2) is 27.2 Å². The Morgan fingerprint density at radius 3 is 2.62 bits per heavy atom. The van der Waals surface area contributed by atoms with E-state index >= 15 is 0 Å². The molecule has 0 aliphatic rings. The van der Waals surface area contributed by atoms with Gasteiger partial charge in [-0.3, -0.25) is 14.2 Å². The first-order valence-corrected chi connectivity index (χ1v) is 9.30. The lowest BCUT2D eigenvalue weighted by atomic mass is 10.1. The average Bonchev–Trinajstić information content (AvgIpc) is 2.70. The average molecular weight is 416 g/mol.